The van der Waals surface area contributed by atoms with Gasteiger partial charge in [0.05, 0.1) is 0 Å². The van der Waals surface area contributed by atoms with Gasteiger partial charge in [-0.3, -0.25) is 4.99 Å². The van der Waals surface area contributed by atoms with Gasteiger partial charge in [-0.2, -0.15) is 0 Å². The number of rotatable bonds is 2. The van der Waals surface area contributed by atoms with Crippen molar-refractivity contribution in [3.05, 3.63) is 0 Å². The Morgan fingerprint density at radius 1 is 1.44 bits per heavy atom. The maximum absolute atomic E-state index is 3.81. The van der Waals surface area contributed by atoms with E-state index in [-0.39, 0.29) is 0 Å². The summed E-state index contributed by atoms with van der Waals surface area (Å²) in [5, 5.41) is 0. The second kappa shape index (κ2) is 7.23. The van der Waals surface area contributed by atoms with E-state index in [1.807, 2.05) is 6.21 Å². The largest absolute Gasteiger partial charge is 0.300 e. The van der Waals surface area contributed by atoms with E-state index in [9.17, 15) is 0 Å². The molecule has 0 heterocycles. The molecule has 1 nitrogen and oxygen atoms in total. The zero-order chi connectivity index (χ0) is 6.95. The molecule has 0 spiro atoms. The lowest BCUT2D eigenvalue weighted by molar-refractivity contribution is 0.982. The Kier molecular flexibility index (Phi) is 6.61. The van der Waals surface area contributed by atoms with Gasteiger partial charge in [0.2, 0.25) is 0 Å². The van der Waals surface area contributed by atoms with Crippen molar-refractivity contribution in [2.24, 2.45) is 4.99 Å². The first-order valence-corrected chi connectivity index (χ1v) is 3.28. The number of hydrogen-bond acceptors (Lipinski definition) is 1. The van der Waals surface area contributed by atoms with E-state index in [1.54, 1.807) is 7.05 Å². The van der Waals surface area contributed by atoms with Crippen LogP contribution in [0.25, 0.3) is 0 Å². The second-order valence-corrected chi connectivity index (χ2v) is 1.75. The first kappa shape index (κ1) is 8.23. The summed E-state index contributed by atoms with van der Waals surface area (Å²) in [5.41, 5.74) is 0. The van der Waals surface area contributed by atoms with Crippen LogP contribution >= 0.6 is 0 Å². The highest BCUT2D eigenvalue weighted by Crippen LogP contribution is 1.81. The molecule has 0 aliphatic carbocycles. The summed E-state index contributed by atoms with van der Waals surface area (Å²) < 4.78 is 0. The topological polar surface area (TPSA) is 12.4 Å². The van der Waals surface area contributed by atoms with Crippen molar-refractivity contribution in [3.8, 4) is 11.8 Å². The molecular weight excluding hydrogens is 110 g/mol. The summed E-state index contributed by atoms with van der Waals surface area (Å²) in [6.45, 7) is 2.13. The molecule has 0 bridgehead atoms. The van der Waals surface area contributed by atoms with Crippen molar-refractivity contribution >= 4 is 6.21 Å². The van der Waals surface area contributed by atoms with Crippen LogP contribution in [-0.2, 0) is 0 Å². The Morgan fingerprint density at radius 3 is 2.78 bits per heavy atom. The Morgan fingerprint density at radius 2 is 2.22 bits per heavy atom. The van der Waals surface area contributed by atoms with Crippen LogP contribution in [0, 0.1) is 11.8 Å². The summed E-state index contributed by atoms with van der Waals surface area (Å²) >= 11 is 0. The van der Waals surface area contributed by atoms with Crippen LogP contribution in [0.2, 0.25) is 0 Å². The number of unbranched alkanes of at least 4 members (excludes halogenated alkanes) is 1. The molecule has 0 aromatic rings. The van der Waals surface area contributed by atoms with Gasteiger partial charge in [-0.25, -0.2) is 0 Å². The van der Waals surface area contributed by atoms with Gasteiger partial charge < -0.3 is 0 Å². The molecule has 50 valence electrons. The number of aliphatic imine (C=N–C) groups is 1. The van der Waals surface area contributed by atoms with Crippen molar-refractivity contribution in [2.75, 3.05) is 7.05 Å². The SMILES string of the molecule is CCCC#CC/C=N/C. The van der Waals surface area contributed by atoms with E-state index in [1.165, 1.54) is 0 Å². The maximum atomic E-state index is 3.81. The first-order valence-electron chi connectivity index (χ1n) is 3.28. The third-order valence-electron chi connectivity index (χ3n) is 0.876. The average Bonchev–Trinajstić information content (AvgIpc) is 1.89. The third-order valence-corrected chi connectivity index (χ3v) is 0.876. The fourth-order valence-electron chi connectivity index (χ4n) is 0.422. The van der Waals surface area contributed by atoms with E-state index in [2.05, 4.69) is 23.8 Å². The molecule has 0 radical (unpaired) electrons. The molecule has 0 aliphatic rings. The molecule has 0 aromatic heterocycles. The molecular formula is C8H13N. The van der Waals surface area contributed by atoms with Crippen molar-refractivity contribution in [1.82, 2.24) is 0 Å². The highest BCUT2D eigenvalue weighted by molar-refractivity contribution is 5.60. The zero-order valence-electron chi connectivity index (χ0n) is 6.15. The van der Waals surface area contributed by atoms with Crippen LogP contribution in [0.4, 0.5) is 0 Å². The highest BCUT2D eigenvalue weighted by atomic mass is 14.6. The summed E-state index contributed by atoms with van der Waals surface area (Å²) in [7, 11) is 1.77. The Balaban J connectivity index is 3.16. The van der Waals surface area contributed by atoms with Crippen LogP contribution in [-0.4, -0.2) is 13.3 Å². The molecule has 0 aliphatic heterocycles. The quantitative estimate of drug-likeness (QED) is 0.392. The van der Waals surface area contributed by atoms with Crippen LogP contribution in [0.15, 0.2) is 4.99 Å². The van der Waals surface area contributed by atoms with Gasteiger partial charge in [0.1, 0.15) is 0 Å². The molecule has 9 heavy (non-hydrogen) atoms. The minimum atomic E-state index is 0.802. The number of hydrogen-bond donors (Lipinski definition) is 0. The van der Waals surface area contributed by atoms with Gasteiger partial charge in [-0.15, -0.1) is 5.92 Å². The maximum Gasteiger partial charge on any atom is 0.0439 e. The summed E-state index contributed by atoms with van der Waals surface area (Å²) in [4.78, 5) is 3.81. The number of nitrogens with zero attached hydrogens (tertiary/aromatic N) is 1. The van der Waals surface area contributed by atoms with E-state index in [0.29, 0.717) is 0 Å². The lowest BCUT2D eigenvalue weighted by atomic mass is 10.3. The molecule has 0 saturated carbocycles. The van der Waals surface area contributed by atoms with Crippen LogP contribution in [0.5, 0.6) is 0 Å². The standard InChI is InChI=1S/C8H13N/c1-3-4-5-6-7-8-9-2/h8H,3-4,7H2,1-2H3/b9-8+. The molecule has 0 unspecified atom stereocenters. The van der Waals surface area contributed by atoms with Crippen molar-refractivity contribution in [1.29, 1.82) is 0 Å². The van der Waals surface area contributed by atoms with Gasteiger partial charge in [-0.05, 0) is 6.42 Å². The molecule has 0 saturated heterocycles. The summed E-state index contributed by atoms with van der Waals surface area (Å²) in [6, 6.07) is 0. The van der Waals surface area contributed by atoms with Gasteiger partial charge in [0.25, 0.3) is 0 Å². The lowest BCUT2D eigenvalue weighted by Crippen LogP contribution is -1.68. The predicted octanol–water partition coefficient (Wildman–Crippen LogP) is 1.88. The zero-order valence-corrected chi connectivity index (χ0v) is 6.15. The molecule has 0 N–H and O–H groups in total. The predicted molar refractivity (Wildman–Crippen MR) is 41.7 cm³/mol. The highest BCUT2D eigenvalue weighted by Gasteiger charge is 1.68. The van der Waals surface area contributed by atoms with Gasteiger partial charge >= 0.3 is 0 Å². The molecule has 0 rings (SSSR count). The first-order chi connectivity index (χ1) is 4.41. The van der Waals surface area contributed by atoms with Crippen molar-refractivity contribution < 1.29 is 0 Å². The fourth-order valence-corrected chi connectivity index (χ4v) is 0.422. The van der Waals surface area contributed by atoms with Gasteiger partial charge in [-0.1, -0.05) is 12.8 Å². The Bertz CT molecular complexity index is 125. The molecule has 0 fully saturated rings. The minimum absolute atomic E-state index is 0.802. The van der Waals surface area contributed by atoms with Crippen LogP contribution < -0.4 is 0 Å². The molecule has 0 aromatic carbocycles. The van der Waals surface area contributed by atoms with E-state index in [4.69, 9.17) is 0 Å². The monoisotopic (exact) mass is 123 g/mol. The Hall–Kier alpha value is -0.770. The van der Waals surface area contributed by atoms with Crippen molar-refractivity contribution in [3.63, 3.8) is 0 Å². The third kappa shape index (κ3) is 7.23. The molecule has 1 heteroatoms. The lowest BCUT2D eigenvalue weighted by Gasteiger charge is -1.76. The van der Waals surface area contributed by atoms with Crippen molar-refractivity contribution in [2.45, 2.75) is 26.2 Å². The molecule has 0 amide bonds. The molecule has 0 atom stereocenters. The average molecular weight is 123 g/mol. The normalized spacial score (nSPS) is 9.11. The smallest absolute Gasteiger partial charge is 0.0439 e. The minimum Gasteiger partial charge on any atom is -0.300 e. The van der Waals surface area contributed by atoms with E-state index in [0.717, 1.165) is 19.3 Å². The fraction of sp³-hybridized carbons (Fsp3) is 0.625. The van der Waals surface area contributed by atoms with Crippen LogP contribution in [0.3, 0.4) is 0 Å². The van der Waals surface area contributed by atoms with E-state index < -0.39 is 0 Å². The summed E-state index contributed by atoms with van der Waals surface area (Å²) in [6.07, 6.45) is 4.78. The van der Waals surface area contributed by atoms with E-state index >= 15 is 0 Å². The summed E-state index contributed by atoms with van der Waals surface area (Å²) in [5.74, 6) is 6.02. The Labute approximate surface area is 57.2 Å². The van der Waals surface area contributed by atoms with Crippen LogP contribution in [0.1, 0.15) is 26.2 Å². The van der Waals surface area contributed by atoms with Gasteiger partial charge in [0, 0.05) is 26.1 Å². The second-order valence-electron chi connectivity index (χ2n) is 1.75. The van der Waals surface area contributed by atoms with Gasteiger partial charge in [0.15, 0.2) is 0 Å².